The van der Waals surface area contributed by atoms with Crippen LogP contribution < -0.4 is 5.32 Å². The van der Waals surface area contributed by atoms with Crippen LogP contribution in [0.5, 0.6) is 0 Å². The zero-order valence-electron chi connectivity index (χ0n) is 12.1. The maximum Gasteiger partial charge on any atom is 0.267 e. The molecule has 0 aliphatic carbocycles. The molecule has 0 aromatic heterocycles. The summed E-state index contributed by atoms with van der Waals surface area (Å²) in [6.07, 6.45) is -0.923. The summed E-state index contributed by atoms with van der Waals surface area (Å²) >= 11 is 0. The van der Waals surface area contributed by atoms with Gasteiger partial charge in [-0.15, -0.1) is 0 Å². The predicted molar refractivity (Wildman–Crippen MR) is 78.3 cm³/mol. The van der Waals surface area contributed by atoms with Gasteiger partial charge in [-0.05, 0) is 32.8 Å². The third-order valence-corrected chi connectivity index (χ3v) is 3.74. The van der Waals surface area contributed by atoms with Crippen molar-refractivity contribution in [1.29, 1.82) is 0 Å². The first-order chi connectivity index (χ1) is 9.07. The summed E-state index contributed by atoms with van der Waals surface area (Å²) in [6.45, 7) is 5.74. The van der Waals surface area contributed by atoms with E-state index in [1.54, 1.807) is 0 Å². The van der Waals surface area contributed by atoms with Crippen LogP contribution >= 0.6 is 0 Å². The number of aryl methyl sites for hydroxylation is 1. The van der Waals surface area contributed by atoms with Crippen molar-refractivity contribution in [2.24, 2.45) is 0 Å². The van der Waals surface area contributed by atoms with E-state index in [1.165, 1.54) is 5.56 Å². The van der Waals surface area contributed by atoms with Gasteiger partial charge in [-0.3, -0.25) is 4.55 Å². The lowest BCUT2D eigenvalue weighted by atomic mass is 9.94. The van der Waals surface area contributed by atoms with Crippen molar-refractivity contribution in [2.45, 2.75) is 38.9 Å². The molecule has 0 saturated heterocycles. The Hall–Kier alpha value is -0.980. The van der Waals surface area contributed by atoms with Crippen molar-refractivity contribution < 1.29 is 17.4 Å². The SMILES string of the molecule is Cc1ccc(CC(C)(C)NC[C@@H](F)CS(=O)(=O)O)cc1. The molecule has 1 aromatic rings. The fraction of sp³-hybridized carbons (Fsp3) is 0.571. The quantitative estimate of drug-likeness (QED) is 0.757. The summed E-state index contributed by atoms with van der Waals surface area (Å²) in [4.78, 5) is 0. The van der Waals surface area contributed by atoms with E-state index in [2.05, 4.69) is 5.32 Å². The average Bonchev–Trinajstić information content (AvgIpc) is 2.27. The number of alkyl halides is 1. The molecule has 4 nitrogen and oxygen atoms in total. The topological polar surface area (TPSA) is 66.4 Å². The lowest BCUT2D eigenvalue weighted by molar-refractivity contribution is 0.290. The molecule has 2 N–H and O–H groups in total. The zero-order valence-corrected chi connectivity index (χ0v) is 12.9. The molecule has 0 bridgehead atoms. The van der Waals surface area contributed by atoms with E-state index < -0.39 is 22.0 Å². The third-order valence-electron chi connectivity index (χ3n) is 2.96. The second-order valence-corrected chi connectivity index (χ2v) is 7.27. The van der Waals surface area contributed by atoms with E-state index in [1.807, 2.05) is 45.0 Å². The normalized spacial score (nSPS) is 14.2. The molecule has 0 spiro atoms. The van der Waals surface area contributed by atoms with E-state index in [4.69, 9.17) is 4.55 Å². The Morgan fingerprint density at radius 2 is 1.85 bits per heavy atom. The highest BCUT2D eigenvalue weighted by molar-refractivity contribution is 7.85. The molecule has 0 unspecified atom stereocenters. The summed E-state index contributed by atoms with van der Waals surface area (Å²) in [5.41, 5.74) is 1.94. The molecule has 6 heteroatoms. The molecule has 0 heterocycles. The molecule has 1 rings (SSSR count). The molecule has 1 aromatic carbocycles. The zero-order chi connectivity index (χ0) is 15.4. The minimum Gasteiger partial charge on any atom is -0.309 e. The Labute approximate surface area is 120 Å². The first-order valence-electron chi connectivity index (χ1n) is 6.47. The Kier molecular flexibility index (Phi) is 5.68. The van der Waals surface area contributed by atoms with Crippen molar-refractivity contribution in [3.8, 4) is 0 Å². The standard InChI is InChI=1S/C14H22FNO3S/c1-11-4-6-12(7-5-11)8-14(2,3)16-9-13(15)10-20(17,18)19/h4-7,13,16H,8-10H2,1-3H3,(H,17,18,19)/t13-/m1/s1. The fourth-order valence-corrected chi connectivity index (χ4v) is 2.53. The molecule has 0 saturated carbocycles. The van der Waals surface area contributed by atoms with Gasteiger partial charge in [0.2, 0.25) is 0 Å². The first kappa shape index (κ1) is 17.1. The van der Waals surface area contributed by atoms with E-state index in [0.717, 1.165) is 5.56 Å². The molecule has 0 fully saturated rings. The van der Waals surface area contributed by atoms with Crippen molar-refractivity contribution >= 4 is 10.1 Å². The predicted octanol–water partition coefficient (Wildman–Crippen LogP) is 2.13. The van der Waals surface area contributed by atoms with Crippen LogP contribution in [0, 0.1) is 6.92 Å². The molecule has 0 aliphatic rings. The van der Waals surface area contributed by atoms with Gasteiger partial charge in [-0.25, -0.2) is 4.39 Å². The van der Waals surface area contributed by atoms with Crippen molar-refractivity contribution in [3.63, 3.8) is 0 Å². The van der Waals surface area contributed by atoms with Crippen LogP contribution in [0.4, 0.5) is 4.39 Å². The van der Waals surface area contributed by atoms with Crippen LogP contribution in [0.2, 0.25) is 0 Å². The highest BCUT2D eigenvalue weighted by Gasteiger charge is 2.22. The minimum atomic E-state index is -4.27. The second-order valence-electron chi connectivity index (χ2n) is 5.77. The molecule has 0 amide bonds. The molecular formula is C14H22FNO3S. The summed E-state index contributed by atoms with van der Waals surface area (Å²) in [5, 5.41) is 2.99. The number of benzene rings is 1. The second kappa shape index (κ2) is 6.65. The number of rotatable bonds is 7. The highest BCUT2D eigenvalue weighted by Crippen LogP contribution is 2.14. The molecular weight excluding hydrogens is 281 g/mol. The van der Waals surface area contributed by atoms with Gasteiger partial charge in [0, 0.05) is 12.1 Å². The minimum absolute atomic E-state index is 0.112. The van der Waals surface area contributed by atoms with E-state index in [9.17, 15) is 12.8 Å². The lowest BCUT2D eigenvalue weighted by Gasteiger charge is -2.27. The smallest absolute Gasteiger partial charge is 0.267 e. The van der Waals surface area contributed by atoms with Crippen LogP contribution in [0.15, 0.2) is 24.3 Å². The highest BCUT2D eigenvalue weighted by atomic mass is 32.2. The van der Waals surface area contributed by atoms with Gasteiger partial charge < -0.3 is 5.32 Å². The summed E-state index contributed by atoms with van der Waals surface area (Å²) in [7, 11) is -4.27. The number of halogens is 1. The van der Waals surface area contributed by atoms with E-state index >= 15 is 0 Å². The van der Waals surface area contributed by atoms with Gasteiger partial charge in [0.25, 0.3) is 10.1 Å². The Morgan fingerprint density at radius 3 is 2.35 bits per heavy atom. The van der Waals surface area contributed by atoms with Gasteiger partial charge >= 0.3 is 0 Å². The van der Waals surface area contributed by atoms with Gasteiger partial charge in [-0.2, -0.15) is 8.42 Å². The van der Waals surface area contributed by atoms with E-state index in [-0.39, 0.29) is 12.1 Å². The van der Waals surface area contributed by atoms with Gasteiger partial charge in [0.05, 0.1) is 0 Å². The summed E-state index contributed by atoms with van der Waals surface area (Å²) in [5.74, 6) is -0.874. The lowest BCUT2D eigenvalue weighted by Crippen LogP contribution is -2.45. The molecule has 20 heavy (non-hydrogen) atoms. The van der Waals surface area contributed by atoms with Crippen LogP contribution in [-0.4, -0.2) is 37.0 Å². The maximum atomic E-state index is 13.4. The number of hydrogen-bond acceptors (Lipinski definition) is 3. The van der Waals surface area contributed by atoms with Crippen molar-refractivity contribution in [3.05, 3.63) is 35.4 Å². The Balaban J connectivity index is 2.51. The first-order valence-corrected chi connectivity index (χ1v) is 8.08. The molecule has 0 radical (unpaired) electrons. The van der Waals surface area contributed by atoms with Gasteiger partial charge in [0.15, 0.2) is 0 Å². The third kappa shape index (κ3) is 6.98. The van der Waals surface area contributed by atoms with Crippen LogP contribution in [0.3, 0.4) is 0 Å². The van der Waals surface area contributed by atoms with Crippen molar-refractivity contribution in [1.82, 2.24) is 5.32 Å². The van der Waals surface area contributed by atoms with Crippen LogP contribution in [0.25, 0.3) is 0 Å². The summed E-state index contributed by atoms with van der Waals surface area (Å²) in [6, 6.07) is 8.07. The fourth-order valence-electron chi connectivity index (χ4n) is 1.95. The molecule has 1 atom stereocenters. The Morgan fingerprint density at radius 1 is 1.30 bits per heavy atom. The monoisotopic (exact) mass is 303 g/mol. The van der Waals surface area contributed by atoms with E-state index in [0.29, 0.717) is 6.42 Å². The summed E-state index contributed by atoms with van der Waals surface area (Å²) < 4.78 is 43.2. The van der Waals surface area contributed by atoms with Crippen LogP contribution in [-0.2, 0) is 16.5 Å². The molecule has 0 aliphatic heterocycles. The maximum absolute atomic E-state index is 13.4. The largest absolute Gasteiger partial charge is 0.309 e. The van der Waals surface area contributed by atoms with Gasteiger partial charge in [-0.1, -0.05) is 29.8 Å². The van der Waals surface area contributed by atoms with Gasteiger partial charge in [0.1, 0.15) is 11.9 Å². The van der Waals surface area contributed by atoms with Crippen molar-refractivity contribution in [2.75, 3.05) is 12.3 Å². The average molecular weight is 303 g/mol. The van der Waals surface area contributed by atoms with Crippen LogP contribution in [0.1, 0.15) is 25.0 Å². The number of nitrogens with one attached hydrogen (secondary N) is 1. The molecule has 114 valence electrons. The number of hydrogen-bond donors (Lipinski definition) is 2. The Bertz CT molecular complexity index is 526.